The van der Waals surface area contributed by atoms with E-state index in [2.05, 4.69) is 51.1 Å². The number of ether oxygens (including phenoxy) is 1. The number of sulfone groups is 1. The lowest BCUT2D eigenvalue weighted by molar-refractivity contribution is 0.332. The van der Waals surface area contributed by atoms with Crippen molar-refractivity contribution in [2.45, 2.75) is 51.9 Å². The first-order chi connectivity index (χ1) is 17.4. The molecule has 0 spiro atoms. The van der Waals surface area contributed by atoms with Gasteiger partial charge in [-0.25, -0.2) is 8.42 Å². The van der Waals surface area contributed by atoms with Gasteiger partial charge >= 0.3 is 0 Å². The van der Waals surface area contributed by atoms with Crippen LogP contribution < -0.4 is 0 Å². The van der Waals surface area contributed by atoms with E-state index in [0.717, 1.165) is 11.1 Å². The van der Waals surface area contributed by atoms with Crippen molar-refractivity contribution in [2.75, 3.05) is 0 Å². The minimum atomic E-state index is -3.72. The summed E-state index contributed by atoms with van der Waals surface area (Å²) in [4.78, 5) is 0.317. The van der Waals surface area contributed by atoms with Gasteiger partial charge in [-0.3, -0.25) is 0 Å². The summed E-state index contributed by atoms with van der Waals surface area (Å²) in [6, 6.07) is 14.1. The molecule has 37 heavy (non-hydrogen) atoms. The van der Waals surface area contributed by atoms with Crippen LogP contribution in [0.5, 0.6) is 5.75 Å². The number of aromatic hydroxyl groups is 1. The average molecular weight is 517 g/mol. The number of hydrogen-bond acceptors (Lipinski definition) is 4. The van der Waals surface area contributed by atoms with Gasteiger partial charge in [0.05, 0.1) is 9.80 Å². The molecular formula is C32H36O4S. The zero-order valence-corrected chi connectivity index (χ0v) is 23.2. The molecule has 0 amide bonds. The highest BCUT2D eigenvalue weighted by Crippen LogP contribution is 2.28. The molecule has 1 atom stereocenters. The maximum Gasteiger partial charge on any atom is 0.206 e. The first kappa shape index (κ1) is 28.0. The standard InChI is InChI=1S/C32H36O4S/c1-7-24(25-9-12-26(13-10-25)32(4,5)6)11-16-28(8-2)36-29-17-20-31(22-23(3)21-29)37(34,35)30-18-14-27(33)15-19-30/h7-23,33H,1-6H3/b16-11-,24-7+,28-8+. The molecule has 0 saturated carbocycles. The lowest BCUT2D eigenvalue weighted by Gasteiger charge is -2.19. The Morgan fingerprint density at radius 2 is 1.54 bits per heavy atom. The van der Waals surface area contributed by atoms with Crippen LogP contribution in [0.4, 0.5) is 0 Å². The molecule has 5 heteroatoms. The molecule has 4 nitrogen and oxygen atoms in total. The second-order valence-electron chi connectivity index (χ2n) is 10.0. The maximum absolute atomic E-state index is 13.1. The Morgan fingerprint density at radius 1 is 0.892 bits per heavy atom. The van der Waals surface area contributed by atoms with Gasteiger partial charge in [0.1, 0.15) is 17.3 Å². The minimum absolute atomic E-state index is 0.0185. The van der Waals surface area contributed by atoms with E-state index in [-0.39, 0.29) is 26.9 Å². The van der Waals surface area contributed by atoms with Crippen LogP contribution in [0.15, 0.2) is 118 Å². The Balaban J connectivity index is 1.76. The topological polar surface area (TPSA) is 63.6 Å². The lowest BCUT2D eigenvalue weighted by atomic mass is 9.86. The summed E-state index contributed by atoms with van der Waals surface area (Å²) in [5.41, 5.74) is 3.59. The molecule has 2 aromatic carbocycles. The van der Waals surface area contributed by atoms with Crippen LogP contribution in [0, 0.1) is 5.92 Å². The smallest absolute Gasteiger partial charge is 0.206 e. The van der Waals surface area contributed by atoms with E-state index < -0.39 is 9.84 Å². The molecule has 194 valence electrons. The number of hydrogen-bond donors (Lipinski definition) is 1. The third-order valence-electron chi connectivity index (χ3n) is 6.07. The third-order valence-corrected chi connectivity index (χ3v) is 7.85. The number of benzene rings is 2. The first-order valence-electron chi connectivity index (χ1n) is 12.4. The van der Waals surface area contributed by atoms with E-state index in [4.69, 9.17) is 4.74 Å². The fourth-order valence-corrected chi connectivity index (χ4v) is 5.28. The van der Waals surface area contributed by atoms with Gasteiger partial charge in [0.2, 0.25) is 9.84 Å². The Morgan fingerprint density at radius 3 is 2.11 bits per heavy atom. The highest BCUT2D eigenvalue weighted by Gasteiger charge is 2.21. The van der Waals surface area contributed by atoms with Crippen molar-refractivity contribution in [1.29, 1.82) is 0 Å². The van der Waals surface area contributed by atoms with Crippen molar-refractivity contribution in [3.8, 4) is 5.75 Å². The number of phenolic OH excluding ortho intramolecular Hbond substituents is 1. The molecule has 0 saturated heterocycles. The van der Waals surface area contributed by atoms with Crippen LogP contribution in [0.1, 0.15) is 52.7 Å². The molecule has 3 rings (SSSR count). The highest BCUT2D eigenvalue weighted by atomic mass is 32.2. The van der Waals surface area contributed by atoms with Crippen molar-refractivity contribution in [1.82, 2.24) is 0 Å². The van der Waals surface area contributed by atoms with Gasteiger partial charge in [0.15, 0.2) is 0 Å². The summed E-state index contributed by atoms with van der Waals surface area (Å²) in [6.45, 7) is 12.4. The van der Waals surface area contributed by atoms with Crippen LogP contribution in [-0.2, 0) is 20.0 Å². The van der Waals surface area contributed by atoms with E-state index in [1.807, 2.05) is 45.1 Å². The first-order valence-corrected chi connectivity index (χ1v) is 13.9. The van der Waals surface area contributed by atoms with Crippen LogP contribution in [-0.4, -0.2) is 13.5 Å². The van der Waals surface area contributed by atoms with Crippen molar-refractivity contribution < 1.29 is 18.3 Å². The Labute approximate surface area is 221 Å². The summed E-state index contributed by atoms with van der Waals surface area (Å²) in [5, 5.41) is 9.50. The fraction of sp³-hybridized carbons (Fsp3) is 0.250. The Kier molecular flexibility index (Phi) is 8.82. The predicted molar refractivity (Wildman–Crippen MR) is 153 cm³/mol. The third kappa shape index (κ3) is 7.23. The molecule has 0 bridgehead atoms. The Bertz CT molecular complexity index is 1390. The maximum atomic E-state index is 13.1. The number of rotatable bonds is 7. The summed E-state index contributed by atoms with van der Waals surface area (Å²) in [5.74, 6) is 1.07. The summed E-state index contributed by atoms with van der Waals surface area (Å²) in [6.07, 6.45) is 14.7. The van der Waals surface area contributed by atoms with E-state index in [9.17, 15) is 13.5 Å². The van der Waals surface area contributed by atoms with Crippen molar-refractivity contribution >= 4 is 15.4 Å². The summed E-state index contributed by atoms with van der Waals surface area (Å²) < 4.78 is 32.3. The quantitative estimate of drug-likeness (QED) is 0.299. The van der Waals surface area contributed by atoms with Crippen molar-refractivity contribution in [2.24, 2.45) is 5.92 Å². The van der Waals surface area contributed by atoms with Gasteiger partial charge < -0.3 is 9.84 Å². The molecule has 1 unspecified atom stereocenters. The Hall–Kier alpha value is -3.57. The lowest BCUT2D eigenvalue weighted by Crippen LogP contribution is -2.10. The van der Waals surface area contributed by atoms with Gasteiger partial charge in [0, 0.05) is 0 Å². The van der Waals surface area contributed by atoms with Crippen LogP contribution in [0.25, 0.3) is 5.57 Å². The fourth-order valence-electron chi connectivity index (χ4n) is 3.87. The number of allylic oxidation sites excluding steroid dienone is 9. The van der Waals surface area contributed by atoms with E-state index in [0.29, 0.717) is 11.5 Å². The van der Waals surface area contributed by atoms with Crippen LogP contribution in [0.2, 0.25) is 0 Å². The van der Waals surface area contributed by atoms with Gasteiger partial charge in [-0.1, -0.05) is 70.2 Å². The van der Waals surface area contributed by atoms with E-state index in [1.54, 1.807) is 18.2 Å². The molecule has 1 aliphatic carbocycles. The van der Waals surface area contributed by atoms with Crippen molar-refractivity contribution in [3.05, 3.63) is 125 Å². The van der Waals surface area contributed by atoms with Gasteiger partial charge in [-0.15, -0.1) is 0 Å². The van der Waals surface area contributed by atoms with Gasteiger partial charge in [0.25, 0.3) is 0 Å². The molecule has 1 aliphatic rings. The average Bonchev–Trinajstić information content (AvgIpc) is 3.05. The molecule has 0 radical (unpaired) electrons. The summed E-state index contributed by atoms with van der Waals surface area (Å²) in [7, 11) is -3.72. The molecule has 0 aromatic heterocycles. The molecule has 2 aromatic rings. The molecule has 0 aliphatic heterocycles. The minimum Gasteiger partial charge on any atom is -0.508 e. The molecule has 0 heterocycles. The molecule has 0 fully saturated rings. The largest absolute Gasteiger partial charge is 0.508 e. The van der Waals surface area contributed by atoms with Crippen molar-refractivity contribution in [3.63, 3.8) is 0 Å². The second-order valence-corrected chi connectivity index (χ2v) is 12.0. The summed E-state index contributed by atoms with van der Waals surface area (Å²) >= 11 is 0. The van der Waals surface area contributed by atoms with E-state index in [1.165, 1.54) is 29.8 Å². The van der Waals surface area contributed by atoms with Gasteiger partial charge in [-0.05, 0) is 96.5 Å². The normalized spacial score (nSPS) is 17.4. The number of phenols is 1. The van der Waals surface area contributed by atoms with Crippen LogP contribution in [0.3, 0.4) is 0 Å². The predicted octanol–water partition coefficient (Wildman–Crippen LogP) is 8.02. The highest BCUT2D eigenvalue weighted by molar-refractivity contribution is 7.95. The van der Waals surface area contributed by atoms with Gasteiger partial charge in [-0.2, -0.15) is 0 Å². The monoisotopic (exact) mass is 516 g/mol. The zero-order chi connectivity index (χ0) is 27.2. The zero-order valence-electron chi connectivity index (χ0n) is 22.4. The molecule has 1 N–H and O–H groups in total. The SMILES string of the molecule is C\C=C(/C=C\C(=C/C)c1ccc(C(C)(C)C)cc1)OC1=CC(C)C=C(S(=O)(=O)c2ccc(O)cc2)C=C1. The molecular weight excluding hydrogens is 480 g/mol. The second kappa shape index (κ2) is 11.7. The van der Waals surface area contributed by atoms with Crippen LogP contribution >= 0.6 is 0 Å². The van der Waals surface area contributed by atoms with E-state index >= 15 is 0 Å².